The lowest BCUT2D eigenvalue weighted by molar-refractivity contribution is -0.121. The standard InChI is InChI=1S/C28H24BrClN2O5S/c1-4-36-27(34)18-7-11-21(12-8-18)31-28-32(2)26(33)25(38-28)14-19-13-23(35-3)24(15-22(19)29)37-16-17-5-9-20(30)10-6-17/h5-15H,4,16H2,1-3H3/b25-14-,31-28?. The van der Waals surface area contributed by atoms with Gasteiger partial charge in [-0.3, -0.25) is 9.69 Å². The Morgan fingerprint density at radius 2 is 1.82 bits per heavy atom. The van der Waals surface area contributed by atoms with Crippen LogP contribution >= 0.6 is 39.3 Å². The molecular weight excluding hydrogens is 592 g/mol. The van der Waals surface area contributed by atoms with E-state index in [0.29, 0.717) is 51.1 Å². The van der Waals surface area contributed by atoms with Crippen LogP contribution in [-0.4, -0.2) is 42.7 Å². The van der Waals surface area contributed by atoms with E-state index < -0.39 is 0 Å². The summed E-state index contributed by atoms with van der Waals surface area (Å²) in [7, 11) is 3.24. The highest BCUT2D eigenvalue weighted by molar-refractivity contribution is 9.10. The lowest BCUT2D eigenvalue weighted by atomic mass is 10.1. The van der Waals surface area contributed by atoms with Crippen LogP contribution in [-0.2, 0) is 16.1 Å². The van der Waals surface area contributed by atoms with E-state index in [1.54, 1.807) is 51.4 Å². The maximum absolute atomic E-state index is 13.0. The van der Waals surface area contributed by atoms with Crippen molar-refractivity contribution in [3.05, 3.63) is 91.8 Å². The fourth-order valence-corrected chi connectivity index (χ4v) is 5.01. The number of carbonyl (C=O) groups excluding carboxylic acids is 2. The molecule has 196 valence electrons. The Hall–Kier alpha value is -3.27. The molecule has 1 amide bonds. The zero-order chi connectivity index (χ0) is 27.2. The van der Waals surface area contributed by atoms with Gasteiger partial charge in [0.15, 0.2) is 16.7 Å². The first kappa shape index (κ1) is 27.8. The zero-order valence-corrected chi connectivity index (χ0v) is 24.0. The second-order valence-corrected chi connectivity index (χ2v) is 10.4. The van der Waals surface area contributed by atoms with Crippen LogP contribution in [0.3, 0.4) is 0 Å². The Morgan fingerprint density at radius 1 is 1.11 bits per heavy atom. The van der Waals surface area contributed by atoms with Crippen molar-refractivity contribution in [2.75, 3.05) is 20.8 Å². The number of hydrogen-bond acceptors (Lipinski definition) is 7. The Kier molecular flexibility index (Phi) is 9.14. The van der Waals surface area contributed by atoms with E-state index in [9.17, 15) is 9.59 Å². The van der Waals surface area contributed by atoms with E-state index >= 15 is 0 Å². The molecule has 0 N–H and O–H groups in total. The van der Waals surface area contributed by atoms with Crippen molar-refractivity contribution < 1.29 is 23.8 Å². The van der Waals surface area contributed by atoms with Gasteiger partial charge >= 0.3 is 5.97 Å². The Bertz CT molecular complexity index is 1410. The van der Waals surface area contributed by atoms with Crippen molar-refractivity contribution >= 4 is 68.1 Å². The number of esters is 1. The molecule has 7 nitrogen and oxygen atoms in total. The molecule has 3 aromatic rings. The molecule has 0 saturated carbocycles. The highest BCUT2D eigenvalue weighted by Gasteiger charge is 2.30. The van der Waals surface area contributed by atoms with Crippen LogP contribution in [0.4, 0.5) is 5.69 Å². The Labute approximate surface area is 238 Å². The first-order valence-electron chi connectivity index (χ1n) is 11.6. The SMILES string of the molecule is CCOC(=O)c1ccc(N=C2S/C(=C\c3cc(OC)c(OCc4ccc(Cl)cc4)cc3Br)C(=O)N2C)cc1. The van der Waals surface area contributed by atoms with E-state index in [1.165, 1.54) is 16.7 Å². The van der Waals surface area contributed by atoms with Gasteiger partial charge in [0.1, 0.15) is 6.61 Å². The number of thioether (sulfide) groups is 1. The number of halogens is 2. The molecule has 10 heteroatoms. The van der Waals surface area contributed by atoms with Gasteiger partial charge in [0.25, 0.3) is 5.91 Å². The predicted octanol–water partition coefficient (Wildman–Crippen LogP) is 7.10. The fourth-order valence-electron chi connectivity index (χ4n) is 3.47. The third-order valence-corrected chi connectivity index (χ3v) is 7.48. The van der Waals surface area contributed by atoms with Gasteiger partial charge in [0.05, 0.1) is 29.9 Å². The van der Waals surface area contributed by atoms with Crippen molar-refractivity contribution in [3.63, 3.8) is 0 Å². The third kappa shape index (κ3) is 6.59. The minimum atomic E-state index is -0.387. The van der Waals surface area contributed by atoms with E-state index in [0.717, 1.165) is 15.6 Å². The minimum absolute atomic E-state index is 0.175. The number of amidine groups is 1. The quantitative estimate of drug-likeness (QED) is 0.199. The lowest BCUT2D eigenvalue weighted by Gasteiger charge is -2.13. The van der Waals surface area contributed by atoms with Gasteiger partial charge in [-0.05, 0) is 84.4 Å². The van der Waals surface area contributed by atoms with Crippen LogP contribution in [0.1, 0.15) is 28.4 Å². The molecule has 1 aliphatic rings. The summed E-state index contributed by atoms with van der Waals surface area (Å²) in [6.45, 7) is 2.41. The first-order chi connectivity index (χ1) is 18.3. The summed E-state index contributed by atoms with van der Waals surface area (Å²) in [5, 5.41) is 1.19. The molecule has 4 rings (SSSR count). The number of likely N-dealkylation sites (N-methyl/N-ethyl adjacent to an activating group) is 1. The molecule has 1 saturated heterocycles. The van der Waals surface area contributed by atoms with Crippen LogP contribution in [0.5, 0.6) is 11.5 Å². The van der Waals surface area contributed by atoms with Crippen molar-refractivity contribution in [1.82, 2.24) is 4.90 Å². The minimum Gasteiger partial charge on any atom is -0.493 e. The molecule has 1 heterocycles. The molecule has 0 atom stereocenters. The molecule has 0 bridgehead atoms. The number of ether oxygens (including phenoxy) is 3. The van der Waals surface area contributed by atoms with Crippen molar-refractivity contribution in [3.8, 4) is 11.5 Å². The molecular formula is C28H24BrClN2O5S. The maximum Gasteiger partial charge on any atom is 0.338 e. The third-order valence-electron chi connectivity index (χ3n) is 5.48. The van der Waals surface area contributed by atoms with Gasteiger partial charge in [-0.25, -0.2) is 9.79 Å². The fraction of sp³-hybridized carbons (Fsp3) is 0.179. The second kappa shape index (κ2) is 12.5. The number of amides is 1. The van der Waals surface area contributed by atoms with E-state index in [4.69, 9.17) is 25.8 Å². The smallest absolute Gasteiger partial charge is 0.338 e. The summed E-state index contributed by atoms with van der Waals surface area (Å²) in [6, 6.07) is 17.8. The van der Waals surface area contributed by atoms with Gasteiger partial charge < -0.3 is 14.2 Å². The van der Waals surface area contributed by atoms with Gasteiger partial charge in [-0.15, -0.1) is 0 Å². The lowest BCUT2D eigenvalue weighted by Crippen LogP contribution is -2.23. The Morgan fingerprint density at radius 3 is 2.47 bits per heavy atom. The number of nitrogens with zero attached hydrogens (tertiary/aromatic N) is 2. The summed E-state index contributed by atoms with van der Waals surface area (Å²) >= 11 is 10.8. The second-order valence-electron chi connectivity index (χ2n) is 8.08. The summed E-state index contributed by atoms with van der Waals surface area (Å²) in [4.78, 5) is 31.4. The van der Waals surface area contributed by atoms with Gasteiger partial charge in [0, 0.05) is 16.5 Å². The summed E-state index contributed by atoms with van der Waals surface area (Å²) in [5.74, 6) is 0.536. The summed E-state index contributed by atoms with van der Waals surface area (Å²) < 4.78 is 17.3. The molecule has 3 aromatic carbocycles. The molecule has 0 unspecified atom stereocenters. The van der Waals surface area contributed by atoms with E-state index in [2.05, 4.69) is 20.9 Å². The van der Waals surface area contributed by atoms with Gasteiger partial charge in [0.2, 0.25) is 0 Å². The largest absolute Gasteiger partial charge is 0.493 e. The number of benzene rings is 3. The highest BCUT2D eigenvalue weighted by atomic mass is 79.9. The molecule has 0 radical (unpaired) electrons. The van der Waals surface area contributed by atoms with Crippen molar-refractivity contribution in [2.45, 2.75) is 13.5 Å². The highest BCUT2D eigenvalue weighted by Crippen LogP contribution is 2.38. The Balaban J connectivity index is 1.52. The molecule has 0 aliphatic carbocycles. The average molecular weight is 616 g/mol. The molecule has 1 aliphatic heterocycles. The number of carbonyl (C=O) groups is 2. The molecule has 1 fully saturated rings. The van der Waals surface area contributed by atoms with Crippen molar-refractivity contribution in [2.24, 2.45) is 4.99 Å². The maximum atomic E-state index is 13.0. The van der Waals surface area contributed by atoms with E-state index in [-0.39, 0.29) is 11.9 Å². The van der Waals surface area contributed by atoms with Crippen LogP contribution in [0.15, 0.2) is 75.0 Å². The summed E-state index contributed by atoms with van der Waals surface area (Å²) in [5.41, 5.74) is 2.79. The number of methoxy groups -OCH3 is 1. The molecule has 0 aromatic heterocycles. The molecule has 38 heavy (non-hydrogen) atoms. The predicted molar refractivity (Wildman–Crippen MR) is 154 cm³/mol. The first-order valence-corrected chi connectivity index (χ1v) is 13.6. The van der Waals surface area contributed by atoms with Crippen LogP contribution in [0.2, 0.25) is 5.02 Å². The normalized spacial score (nSPS) is 15.3. The topological polar surface area (TPSA) is 77.4 Å². The van der Waals surface area contributed by atoms with Gasteiger partial charge in [-0.2, -0.15) is 0 Å². The van der Waals surface area contributed by atoms with Crippen LogP contribution in [0.25, 0.3) is 6.08 Å². The van der Waals surface area contributed by atoms with Crippen LogP contribution < -0.4 is 9.47 Å². The van der Waals surface area contributed by atoms with Crippen LogP contribution in [0, 0.1) is 0 Å². The van der Waals surface area contributed by atoms with Gasteiger partial charge in [-0.1, -0.05) is 39.7 Å². The number of aliphatic imine (C=N–C) groups is 1. The number of rotatable bonds is 8. The average Bonchev–Trinajstić information content (AvgIpc) is 3.17. The van der Waals surface area contributed by atoms with E-state index in [1.807, 2.05) is 36.4 Å². The molecule has 0 spiro atoms. The zero-order valence-electron chi connectivity index (χ0n) is 20.9. The number of hydrogen-bond donors (Lipinski definition) is 0. The summed E-state index contributed by atoms with van der Waals surface area (Å²) in [6.07, 6.45) is 1.78. The monoisotopic (exact) mass is 614 g/mol. The van der Waals surface area contributed by atoms with Crippen molar-refractivity contribution in [1.29, 1.82) is 0 Å².